The quantitative estimate of drug-likeness (QED) is 0.363. The van der Waals surface area contributed by atoms with E-state index in [0.717, 1.165) is 6.26 Å². The van der Waals surface area contributed by atoms with Crippen molar-refractivity contribution < 1.29 is 28.3 Å². The first-order valence-corrected chi connectivity index (χ1v) is 4.06. The van der Waals surface area contributed by atoms with E-state index in [1.165, 1.54) is 0 Å². The number of aliphatic hydroxyl groups excluding tert-OH is 1. The van der Waals surface area contributed by atoms with E-state index in [1.54, 1.807) is 0 Å². The van der Waals surface area contributed by atoms with Gasteiger partial charge in [0.2, 0.25) is 0 Å². The Kier molecular flexibility index (Phi) is 20.2. The zero-order valence-corrected chi connectivity index (χ0v) is 10.2. The summed E-state index contributed by atoms with van der Waals surface area (Å²) < 4.78 is 22.2. The SMILES string of the molecule is C=CO.O=[P+](O)O[P+](=O)O.[AsH3]. The van der Waals surface area contributed by atoms with E-state index < -0.39 is 16.5 Å². The Morgan fingerprint density at radius 1 is 1.27 bits per heavy atom. The maximum atomic E-state index is 9.39. The molecule has 0 bridgehead atoms. The summed E-state index contributed by atoms with van der Waals surface area (Å²) in [6.07, 6.45) is 0.750. The number of hydrogen-bond donors (Lipinski definition) is 3. The molecule has 9 heteroatoms. The third-order valence-electron chi connectivity index (χ3n) is 0.140. The predicted molar refractivity (Wildman–Crippen MR) is 43.5 cm³/mol. The summed E-state index contributed by atoms with van der Waals surface area (Å²) in [5, 5.41) is 7.33. The third kappa shape index (κ3) is 39.0. The molecule has 66 valence electrons. The van der Waals surface area contributed by atoms with Gasteiger partial charge in [-0.25, -0.2) is 0 Å². The molecule has 3 unspecified atom stereocenters. The van der Waals surface area contributed by atoms with Crippen LogP contribution in [0.1, 0.15) is 0 Å². The van der Waals surface area contributed by atoms with Crippen molar-refractivity contribution in [2.75, 3.05) is 0 Å². The van der Waals surface area contributed by atoms with E-state index in [1.807, 2.05) is 0 Å². The van der Waals surface area contributed by atoms with Crippen LogP contribution in [-0.2, 0) is 13.4 Å². The van der Waals surface area contributed by atoms with E-state index >= 15 is 0 Å². The van der Waals surface area contributed by atoms with Gasteiger partial charge in [0.05, 0.1) is 6.26 Å². The molecule has 3 atom stereocenters. The van der Waals surface area contributed by atoms with Crippen molar-refractivity contribution in [1.29, 1.82) is 0 Å². The summed E-state index contributed by atoms with van der Waals surface area (Å²) >= 11 is 0. The summed E-state index contributed by atoms with van der Waals surface area (Å²) in [7, 11) is -5.85. The van der Waals surface area contributed by atoms with Crippen LogP contribution < -0.4 is 0 Å². The Hall–Kier alpha value is 0.178. The van der Waals surface area contributed by atoms with Gasteiger partial charge in [0.1, 0.15) is 0 Å². The fourth-order valence-corrected chi connectivity index (χ4v) is 0.538. The van der Waals surface area contributed by atoms with Crippen LogP contribution >= 0.6 is 16.5 Å². The van der Waals surface area contributed by atoms with Gasteiger partial charge < -0.3 is 5.11 Å². The molecule has 0 aliphatic rings. The Morgan fingerprint density at radius 2 is 1.45 bits per heavy atom. The predicted octanol–water partition coefficient (Wildman–Crippen LogP) is -0.194. The maximum absolute atomic E-state index is 9.39. The van der Waals surface area contributed by atoms with Crippen LogP contribution in [0, 0.1) is 0 Å². The van der Waals surface area contributed by atoms with Gasteiger partial charge in [-0.3, -0.25) is 0 Å². The number of rotatable bonds is 2. The molecule has 0 radical (unpaired) electrons. The van der Waals surface area contributed by atoms with Crippen molar-refractivity contribution in [3.05, 3.63) is 12.8 Å². The standard InChI is InChI=1S/C2H4O.AsH3.O5P2/c1-2-3;;1-6(2)5-7(3)4/h2-3H,1H2;1H3;/p+2. The van der Waals surface area contributed by atoms with Gasteiger partial charge in [0, 0.05) is 9.13 Å². The van der Waals surface area contributed by atoms with E-state index in [-0.39, 0.29) is 18.0 Å². The fourth-order valence-electron chi connectivity index (χ4n) is 0.0598. The number of hydrogen-bond acceptors (Lipinski definition) is 4. The van der Waals surface area contributed by atoms with E-state index in [9.17, 15) is 9.13 Å². The first-order chi connectivity index (χ1) is 4.54. The van der Waals surface area contributed by atoms with Crippen molar-refractivity contribution in [2.24, 2.45) is 0 Å². The summed E-state index contributed by atoms with van der Waals surface area (Å²) in [6.45, 7) is 2.92. The monoisotopic (exact) mass is 266 g/mol. The van der Waals surface area contributed by atoms with Crippen LogP contribution in [0.4, 0.5) is 0 Å². The van der Waals surface area contributed by atoms with Gasteiger partial charge in [-0.1, -0.05) is 6.58 Å². The van der Waals surface area contributed by atoms with E-state index in [2.05, 4.69) is 10.9 Å². The average molecular weight is 266 g/mol. The van der Waals surface area contributed by atoms with Gasteiger partial charge in [-0.05, 0) is 0 Å². The molecular formula is C2H9AsO6P2+2. The summed E-state index contributed by atoms with van der Waals surface area (Å²) in [6, 6.07) is 0. The van der Waals surface area contributed by atoms with E-state index in [4.69, 9.17) is 14.9 Å². The molecule has 0 aliphatic carbocycles. The second-order valence-corrected chi connectivity index (χ2v) is 2.34. The summed E-state index contributed by atoms with van der Waals surface area (Å²) in [4.78, 5) is 15.3. The molecule has 0 rings (SSSR count). The molecule has 11 heavy (non-hydrogen) atoms. The Labute approximate surface area is 76.1 Å². The zero-order chi connectivity index (χ0) is 8.57. The second-order valence-electron chi connectivity index (χ2n) is 0.740. The van der Waals surface area contributed by atoms with E-state index in [0.29, 0.717) is 0 Å². The van der Waals surface area contributed by atoms with Crippen LogP contribution in [-0.4, -0.2) is 32.8 Å². The van der Waals surface area contributed by atoms with Gasteiger partial charge in [-0.15, -0.1) is 9.79 Å². The number of aliphatic hydroxyl groups is 1. The first kappa shape index (κ1) is 17.3. The Bertz CT molecular complexity index is 125. The third-order valence-corrected chi connectivity index (χ3v) is 1.26. The first-order valence-electron chi connectivity index (χ1n) is 1.80. The molecule has 0 saturated carbocycles. The van der Waals surface area contributed by atoms with Crippen LogP contribution in [0.5, 0.6) is 0 Å². The summed E-state index contributed by atoms with van der Waals surface area (Å²) in [5.74, 6) is 0. The van der Waals surface area contributed by atoms with Crippen LogP contribution in [0.25, 0.3) is 0 Å². The van der Waals surface area contributed by atoms with Crippen molar-refractivity contribution in [1.82, 2.24) is 0 Å². The fraction of sp³-hybridized carbons (Fsp3) is 0. The topological polar surface area (TPSA) is 104 Å². The molecular weight excluding hydrogens is 257 g/mol. The molecule has 0 aromatic rings. The Morgan fingerprint density at radius 3 is 1.45 bits per heavy atom. The van der Waals surface area contributed by atoms with Crippen LogP contribution in [0.15, 0.2) is 12.8 Å². The molecule has 0 amide bonds. The van der Waals surface area contributed by atoms with Crippen molar-refractivity contribution in [3.63, 3.8) is 0 Å². The Balaban J connectivity index is -0.000000140. The van der Waals surface area contributed by atoms with Gasteiger partial charge in [0.15, 0.2) is 4.31 Å². The normalized spacial score (nSPS) is 9.64. The zero-order valence-electron chi connectivity index (χ0n) is 5.45. The minimum absolute atomic E-state index is 0. The van der Waals surface area contributed by atoms with Crippen molar-refractivity contribution in [3.8, 4) is 0 Å². The molecule has 6 nitrogen and oxygen atoms in total. The summed E-state index contributed by atoms with van der Waals surface area (Å²) in [5.41, 5.74) is 0. The van der Waals surface area contributed by atoms with Gasteiger partial charge in [-0.2, -0.15) is 0 Å². The van der Waals surface area contributed by atoms with Crippen molar-refractivity contribution in [2.45, 2.75) is 0 Å². The average Bonchev–Trinajstić information content (AvgIpc) is 1.62. The molecule has 0 aromatic carbocycles. The van der Waals surface area contributed by atoms with Crippen LogP contribution in [0.3, 0.4) is 0 Å². The molecule has 0 spiro atoms. The molecule has 0 saturated heterocycles. The van der Waals surface area contributed by atoms with Gasteiger partial charge >= 0.3 is 34.5 Å². The molecule has 0 aliphatic heterocycles. The molecule has 0 fully saturated rings. The molecule has 0 aromatic heterocycles. The van der Waals surface area contributed by atoms with Crippen LogP contribution in [0.2, 0.25) is 0 Å². The second kappa shape index (κ2) is 12.8. The van der Waals surface area contributed by atoms with Crippen molar-refractivity contribution >= 4 is 34.5 Å². The molecule has 0 heterocycles. The molecule has 3 N–H and O–H groups in total. The van der Waals surface area contributed by atoms with Gasteiger partial charge in [0.25, 0.3) is 0 Å². The minimum atomic E-state index is -2.92.